The van der Waals surface area contributed by atoms with Crippen LogP contribution in [0.2, 0.25) is 0 Å². The largest absolute Gasteiger partial charge is 0.390 e. The van der Waals surface area contributed by atoms with Crippen LogP contribution < -0.4 is 0 Å². The summed E-state index contributed by atoms with van der Waals surface area (Å²) in [5.41, 5.74) is 0.606. The summed E-state index contributed by atoms with van der Waals surface area (Å²) in [6, 6.07) is 9.01. The molecule has 4 fully saturated rings. The van der Waals surface area contributed by atoms with Gasteiger partial charge in [-0.2, -0.15) is 0 Å². The lowest BCUT2D eigenvalue weighted by Gasteiger charge is -2.55. The number of fused-ring (bicyclic) bond motifs is 5. The summed E-state index contributed by atoms with van der Waals surface area (Å²) < 4.78 is 28.5. The van der Waals surface area contributed by atoms with Crippen LogP contribution in [-0.2, 0) is 9.84 Å². The van der Waals surface area contributed by atoms with Crippen molar-refractivity contribution in [2.75, 3.05) is 0 Å². The van der Waals surface area contributed by atoms with Gasteiger partial charge in [-0.3, -0.25) is 0 Å². The van der Waals surface area contributed by atoms with E-state index in [0.717, 1.165) is 56.8 Å². The number of hydrogen-bond acceptors (Lipinski definition) is 4. The Kier molecular flexibility index (Phi) is 8.80. The first-order valence-corrected chi connectivity index (χ1v) is 19.7. The molecular weight excluding hydrogens is 564 g/mol. The zero-order valence-electron chi connectivity index (χ0n) is 28.2. The van der Waals surface area contributed by atoms with E-state index < -0.39 is 26.3 Å². The van der Waals surface area contributed by atoms with Gasteiger partial charge in [-0.05, 0) is 155 Å². The predicted molar refractivity (Wildman–Crippen MR) is 179 cm³/mol. The third kappa shape index (κ3) is 6.01. The molecule has 4 nitrogen and oxygen atoms in total. The van der Waals surface area contributed by atoms with Crippen molar-refractivity contribution in [3.05, 3.63) is 42.0 Å². The fourth-order valence-electron chi connectivity index (χ4n) is 11.4. The van der Waals surface area contributed by atoms with Crippen LogP contribution in [0, 0.1) is 46.3 Å². The fraction of sp³-hybridized carbons (Fsp3) is 0.795. The van der Waals surface area contributed by atoms with E-state index in [4.69, 9.17) is 0 Å². The van der Waals surface area contributed by atoms with E-state index in [9.17, 15) is 18.6 Å². The summed E-state index contributed by atoms with van der Waals surface area (Å²) >= 11 is 0. The molecule has 0 saturated heterocycles. The molecule has 1 unspecified atom stereocenters. The van der Waals surface area contributed by atoms with Crippen molar-refractivity contribution >= 4 is 9.84 Å². The van der Waals surface area contributed by atoms with E-state index in [2.05, 4.69) is 40.7 Å². The van der Waals surface area contributed by atoms with Crippen molar-refractivity contribution < 1.29 is 18.6 Å². The molecule has 4 saturated carbocycles. The average molecular weight is 625 g/mol. The van der Waals surface area contributed by atoms with Crippen molar-refractivity contribution in [2.45, 2.75) is 152 Å². The molecule has 0 aliphatic heterocycles. The first-order chi connectivity index (χ1) is 20.7. The molecule has 5 aliphatic rings. The Morgan fingerprint density at radius 2 is 1.57 bits per heavy atom. The van der Waals surface area contributed by atoms with Crippen LogP contribution in [0.3, 0.4) is 0 Å². The van der Waals surface area contributed by atoms with Crippen LogP contribution in [0.25, 0.3) is 0 Å². The maximum atomic E-state index is 14.2. The van der Waals surface area contributed by atoms with Crippen molar-refractivity contribution in [1.82, 2.24) is 0 Å². The van der Waals surface area contributed by atoms with Gasteiger partial charge < -0.3 is 10.2 Å². The summed E-state index contributed by atoms with van der Waals surface area (Å²) in [5.74, 6) is 3.64. The topological polar surface area (TPSA) is 74.6 Å². The highest BCUT2D eigenvalue weighted by atomic mass is 32.2. The highest BCUT2D eigenvalue weighted by molar-refractivity contribution is 7.92. The molecule has 0 heterocycles. The summed E-state index contributed by atoms with van der Waals surface area (Å²) in [6.07, 6.45) is 16.7. The van der Waals surface area contributed by atoms with Gasteiger partial charge in [-0.15, -0.1) is 0 Å². The maximum Gasteiger partial charge on any atom is 0.181 e. The minimum atomic E-state index is -3.57. The molecule has 9 atom stereocenters. The van der Waals surface area contributed by atoms with Gasteiger partial charge >= 0.3 is 0 Å². The zero-order chi connectivity index (χ0) is 31.5. The molecule has 44 heavy (non-hydrogen) atoms. The lowest BCUT2D eigenvalue weighted by molar-refractivity contribution is -0.0481. The number of hydrogen-bond donors (Lipinski definition) is 2. The summed E-state index contributed by atoms with van der Waals surface area (Å²) in [7, 11) is -3.57. The normalized spacial score (nSPS) is 39.3. The maximum absolute atomic E-state index is 14.2. The second kappa shape index (κ2) is 11.8. The molecule has 0 radical (unpaired) electrons. The second-order valence-corrected chi connectivity index (χ2v) is 19.6. The number of benzene rings is 1. The van der Waals surface area contributed by atoms with Crippen LogP contribution in [-0.4, -0.2) is 35.1 Å². The molecule has 6 rings (SSSR count). The Balaban J connectivity index is 1.21. The molecule has 1 aromatic carbocycles. The van der Waals surface area contributed by atoms with Crippen LogP contribution >= 0.6 is 0 Å². The first kappa shape index (κ1) is 32.8. The van der Waals surface area contributed by atoms with E-state index in [1.807, 2.05) is 18.2 Å². The van der Waals surface area contributed by atoms with Crippen molar-refractivity contribution in [3.8, 4) is 0 Å². The number of allylic oxidation sites excluding steroid dienone is 1. The predicted octanol–water partition coefficient (Wildman–Crippen LogP) is 8.91. The van der Waals surface area contributed by atoms with E-state index in [0.29, 0.717) is 48.3 Å². The van der Waals surface area contributed by atoms with Crippen molar-refractivity contribution in [1.29, 1.82) is 0 Å². The van der Waals surface area contributed by atoms with E-state index >= 15 is 0 Å². The molecule has 1 aromatic rings. The summed E-state index contributed by atoms with van der Waals surface area (Å²) in [5, 5.41) is 22.3. The van der Waals surface area contributed by atoms with Crippen LogP contribution in [0.1, 0.15) is 131 Å². The Morgan fingerprint density at radius 1 is 0.864 bits per heavy atom. The smallest absolute Gasteiger partial charge is 0.181 e. The van der Waals surface area contributed by atoms with Gasteiger partial charge in [0, 0.05) is 0 Å². The van der Waals surface area contributed by atoms with Crippen LogP contribution in [0.4, 0.5) is 0 Å². The number of aliphatic hydroxyl groups is 2. The number of rotatable bonds is 8. The molecule has 246 valence electrons. The standard InChI is InChI=1S/C39H60O4S/c1-6-38(40)19-17-31-28(25-38)12-13-33-32(31)16-18-37(5)34(14-15-35(33)37)27(2)24-30(44(42,43)29-10-8-7-9-11-29)26-39(41)22-20-36(3,4)21-23-39/h7-12,27,30-35,40-41H,6,13-26H2,1-5H3/t27-,30?,31+,32-,33-,34-,35+,37-,38+/m1/s1. The monoisotopic (exact) mass is 624 g/mol. The molecule has 0 aromatic heterocycles. The molecule has 5 heteroatoms. The Morgan fingerprint density at radius 3 is 2.25 bits per heavy atom. The molecular formula is C39H60O4S. The Bertz CT molecular complexity index is 1310. The summed E-state index contributed by atoms with van der Waals surface area (Å²) in [4.78, 5) is 0.403. The molecule has 2 N–H and O–H groups in total. The fourth-order valence-corrected chi connectivity index (χ4v) is 13.4. The highest BCUT2D eigenvalue weighted by Crippen LogP contribution is 2.65. The van der Waals surface area contributed by atoms with Crippen molar-refractivity contribution in [3.63, 3.8) is 0 Å². The molecule has 0 spiro atoms. The minimum absolute atomic E-state index is 0.212. The lowest BCUT2D eigenvalue weighted by Crippen LogP contribution is -2.48. The van der Waals surface area contributed by atoms with Gasteiger partial charge in [0.1, 0.15) is 0 Å². The molecule has 0 amide bonds. The third-order valence-electron chi connectivity index (χ3n) is 14.3. The molecule has 5 aliphatic carbocycles. The summed E-state index contributed by atoms with van der Waals surface area (Å²) in [6.45, 7) is 11.5. The van der Waals surface area contributed by atoms with Gasteiger partial charge in [0.25, 0.3) is 0 Å². The Hall–Kier alpha value is -1.17. The van der Waals surface area contributed by atoms with E-state index in [1.165, 1.54) is 25.7 Å². The van der Waals surface area contributed by atoms with Crippen LogP contribution in [0.15, 0.2) is 46.9 Å². The van der Waals surface area contributed by atoms with E-state index in [1.54, 1.807) is 17.7 Å². The van der Waals surface area contributed by atoms with Gasteiger partial charge in [0.2, 0.25) is 0 Å². The quantitative estimate of drug-likeness (QED) is 0.283. The van der Waals surface area contributed by atoms with Gasteiger partial charge in [-0.1, -0.05) is 64.5 Å². The highest BCUT2D eigenvalue weighted by Gasteiger charge is 2.57. The van der Waals surface area contributed by atoms with Crippen LogP contribution in [0.5, 0.6) is 0 Å². The zero-order valence-corrected chi connectivity index (χ0v) is 29.0. The van der Waals surface area contributed by atoms with E-state index in [-0.39, 0.29) is 16.7 Å². The molecule has 0 bridgehead atoms. The Labute approximate surface area is 268 Å². The van der Waals surface area contributed by atoms with Gasteiger partial charge in [0.15, 0.2) is 9.84 Å². The van der Waals surface area contributed by atoms with Crippen molar-refractivity contribution in [2.24, 2.45) is 46.3 Å². The lowest BCUT2D eigenvalue weighted by atomic mass is 9.50. The third-order valence-corrected chi connectivity index (χ3v) is 16.5. The second-order valence-electron chi connectivity index (χ2n) is 17.4. The number of sulfone groups is 1. The minimum Gasteiger partial charge on any atom is -0.390 e. The van der Waals surface area contributed by atoms with Gasteiger partial charge in [-0.25, -0.2) is 8.42 Å². The first-order valence-electron chi connectivity index (χ1n) is 18.1. The van der Waals surface area contributed by atoms with Gasteiger partial charge in [0.05, 0.1) is 21.3 Å². The average Bonchev–Trinajstić information content (AvgIpc) is 3.36. The SMILES string of the molecule is CC[C@]1(O)CC[C@H]2C(=CC[C@@H]3[C@@H]2CC[C@]2(C)[C@@H]([C@H](C)CC(CC4(O)CCC(C)(C)CC4)S(=O)(=O)c4ccccc4)CC[C@@H]32)C1.